The Morgan fingerprint density at radius 3 is 2.67 bits per heavy atom. The molecule has 1 aliphatic heterocycles. The van der Waals surface area contributed by atoms with E-state index in [4.69, 9.17) is 5.73 Å². The first-order valence-corrected chi connectivity index (χ1v) is 10.9. The number of hydrogen-bond acceptors (Lipinski definition) is 5. The van der Waals surface area contributed by atoms with Crippen molar-refractivity contribution in [3.05, 3.63) is 57.7 Å². The van der Waals surface area contributed by atoms with E-state index in [1.807, 2.05) is 47.4 Å². The minimum absolute atomic E-state index is 0.0343. The number of thiazole rings is 1. The van der Waals surface area contributed by atoms with Gasteiger partial charge in [-0.3, -0.25) is 14.5 Å². The fraction of sp³-hybridized carbons (Fsp3) is 0.348. The second-order valence-corrected chi connectivity index (χ2v) is 8.80. The Morgan fingerprint density at radius 1 is 1.23 bits per heavy atom. The van der Waals surface area contributed by atoms with E-state index in [0.717, 1.165) is 52.7 Å². The molecule has 6 nitrogen and oxygen atoms in total. The van der Waals surface area contributed by atoms with E-state index in [0.29, 0.717) is 6.42 Å². The van der Waals surface area contributed by atoms with Gasteiger partial charge in [-0.25, -0.2) is 0 Å². The molecule has 1 saturated heterocycles. The average molecular weight is 421 g/mol. The van der Waals surface area contributed by atoms with E-state index in [1.165, 1.54) is 11.3 Å². The molecular weight excluding hydrogens is 396 g/mol. The van der Waals surface area contributed by atoms with Crippen LogP contribution in [0.2, 0.25) is 0 Å². The van der Waals surface area contributed by atoms with Gasteiger partial charge in [0.05, 0.1) is 22.3 Å². The highest BCUT2D eigenvalue weighted by Crippen LogP contribution is 2.27. The van der Waals surface area contributed by atoms with Gasteiger partial charge in [-0.05, 0) is 41.7 Å². The molecule has 3 aromatic rings. The van der Waals surface area contributed by atoms with Crippen LogP contribution in [-0.2, 0) is 18.3 Å². The van der Waals surface area contributed by atoms with Crippen molar-refractivity contribution in [3.63, 3.8) is 0 Å². The summed E-state index contributed by atoms with van der Waals surface area (Å²) < 4.78 is 2.65. The molecule has 30 heavy (non-hydrogen) atoms. The molecule has 1 fully saturated rings. The Bertz CT molecular complexity index is 1170. The number of aryl methyl sites for hydroxylation is 1. The standard InChI is InChI=1S/C23H24N4O2S/c1-26-20-13-17(9-10-21(20)30-23(26)29)16-7-5-15(6-8-16)12-18(14-24)27-11-3-2-4-19(27)22(25)28/h5-10,13,18-19H,2-4,11-12H2,1H3,(H2,25,28)/t18-,19?/m0/s1. The maximum Gasteiger partial charge on any atom is 0.307 e. The number of nitrogens with zero attached hydrogens (tertiary/aromatic N) is 3. The van der Waals surface area contributed by atoms with Crippen molar-refractivity contribution in [3.8, 4) is 17.2 Å². The van der Waals surface area contributed by atoms with Crippen molar-refractivity contribution in [1.29, 1.82) is 5.26 Å². The molecule has 0 radical (unpaired) electrons. The second-order valence-electron chi connectivity index (χ2n) is 7.81. The first-order valence-electron chi connectivity index (χ1n) is 10.1. The van der Waals surface area contributed by atoms with Crippen LogP contribution in [-0.4, -0.2) is 34.0 Å². The molecule has 2 aromatic carbocycles. The number of aromatic nitrogens is 1. The number of piperidine rings is 1. The Morgan fingerprint density at radius 2 is 1.97 bits per heavy atom. The van der Waals surface area contributed by atoms with E-state index >= 15 is 0 Å². The van der Waals surface area contributed by atoms with Gasteiger partial charge in [-0.1, -0.05) is 48.1 Å². The summed E-state index contributed by atoms with van der Waals surface area (Å²) in [5.41, 5.74) is 9.64. The molecule has 0 spiro atoms. The topological polar surface area (TPSA) is 92.1 Å². The summed E-state index contributed by atoms with van der Waals surface area (Å²) in [6.07, 6.45) is 3.23. The Hall–Kier alpha value is -2.95. The fourth-order valence-corrected chi connectivity index (χ4v) is 5.09. The molecule has 7 heteroatoms. The van der Waals surface area contributed by atoms with E-state index in [1.54, 1.807) is 11.6 Å². The predicted octanol–water partition coefficient (Wildman–Crippen LogP) is 3.04. The van der Waals surface area contributed by atoms with Crippen LogP contribution in [0.15, 0.2) is 47.3 Å². The summed E-state index contributed by atoms with van der Waals surface area (Å²) in [5.74, 6) is -0.344. The van der Waals surface area contributed by atoms with E-state index in [2.05, 4.69) is 6.07 Å². The summed E-state index contributed by atoms with van der Waals surface area (Å²) in [6, 6.07) is 15.8. The van der Waals surface area contributed by atoms with E-state index in [9.17, 15) is 14.9 Å². The zero-order chi connectivity index (χ0) is 21.3. The zero-order valence-electron chi connectivity index (χ0n) is 16.9. The van der Waals surface area contributed by atoms with Crippen LogP contribution >= 0.6 is 11.3 Å². The van der Waals surface area contributed by atoms with Crippen molar-refractivity contribution in [2.75, 3.05) is 6.54 Å². The molecule has 1 unspecified atom stereocenters. The van der Waals surface area contributed by atoms with Gasteiger partial charge in [-0.15, -0.1) is 0 Å². The van der Waals surface area contributed by atoms with Crippen LogP contribution in [0.3, 0.4) is 0 Å². The third-order valence-electron chi connectivity index (χ3n) is 5.93. The number of rotatable bonds is 5. The lowest BCUT2D eigenvalue weighted by Crippen LogP contribution is -2.52. The molecule has 1 amide bonds. The highest BCUT2D eigenvalue weighted by atomic mass is 32.1. The van der Waals surface area contributed by atoms with Crippen molar-refractivity contribution in [2.45, 2.75) is 37.8 Å². The highest BCUT2D eigenvalue weighted by Gasteiger charge is 2.32. The quantitative estimate of drug-likeness (QED) is 0.687. The average Bonchev–Trinajstić information content (AvgIpc) is 3.05. The lowest BCUT2D eigenvalue weighted by Gasteiger charge is -2.36. The predicted molar refractivity (Wildman–Crippen MR) is 119 cm³/mol. The molecule has 4 rings (SSSR count). The molecule has 2 N–H and O–H groups in total. The van der Waals surface area contributed by atoms with Crippen LogP contribution in [0.1, 0.15) is 24.8 Å². The Balaban J connectivity index is 1.54. The minimum Gasteiger partial charge on any atom is -0.368 e. The summed E-state index contributed by atoms with van der Waals surface area (Å²) in [5, 5.41) is 9.73. The van der Waals surface area contributed by atoms with Gasteiger partial charge >= 0.3 is 4.87 Å². The van der Waals surface area contributed by atoms with Gasteiger partial charge in [0.25, 0.3) is 0 Å². The second kappa shape index (κ2) is 8.42. The van der Waals surface area contributed by atoms with Crippen molar-refractivity contribution >= 4 is 27.5 Å². The van der Waals surface area contributed by atoms with Gasteiger partial charge in [-0.2, -0.15) is 5.26 Å². The van der Waals surface area contributed by atoms with Gasteiger partial charge in [0.2, 0.25) is 5.91 Å². The third-order valence-corrected chi connectivity index (χ3v) is 6.94. The third kappa shape index (κ3) is 3.89. The van der Waals surface area contributed by atoms with Crippen LogP contribution < -0.4 is 10.6 Å². The number of amides is 1. The number of hydrogen-bond donors (Lipinski definition) is 1. The number of carbonyl (C=O) groups is 1. The molecule has 0 aliphatic carbocycles. The molecule has 1 aliphatic rings. The highest BCUT2D eigenvalue weighted by molar-refractivity contribution is 7.16. The molecule has 2 heterocycles. The number of benzene rings is 2. The van der Waals surface area contributed by atoms with Crippen molar-refractivity contribution < 1.29 is 4.79 Å². The van der Waals surface area contributed by atoms with Gasteiger partial charge in [0.1, 0.15) is 6.04 Å². The van der Waals surface area contributed by atoms with Gasteiger partial charge < -0.3 is 10.3 Å². The summed E-state index contributed by atoms with van der Waals surface area (Å²) in [4.78, 5) is 25.7. The van der Waals surface area contributed by atoms with E-state index in [-0.39, 0.29) is 22.9 Å². The lowest BCUT2D eigenvalue weighted by atomic mass is 9.95. The number of nitriles is 1. The number of fused-ring (bicyclic) bond motifs is 1. The van der Waals surface area contributed by atoms with Crippen LogP contribution in [0.5, 0.6) is 0 Å². The van der Waals surface area contributed by atoms with Crippen LogP contribution in [0.25, 0.3) is 21.3 Å². The zero-order valence-corrected chi connectivity index (χ0v) is 17.7. The fourth-order valence-electron chi connectivity index (χ4n) is 4.23. The number of nitrogens with two attached hydrogens (primary N) is 1. The lowest BCUT2D eigenvalue weighted by molar-refractivity contribution is -0.125. The smallest absolute Gasteiger partial charge is 0.307 e. The summed E-state index contributed by atoms with van der Waals surface area (Å²) >= 11 is 1.25. The number of likely N-dealkylation sites (tertiary alicyclic amines) is 1. The summed E-state index contributed by atoms with van der Waals surface area (Å²) in [6.45, 7) is 0.725. The normalized spacial score (nSPS) is 18.2. The molecule has 154 valence electrons. The monoisotopic (exact) mass is 420 g/mol. The molecular formula is C23H24N4O2S. The molecule has 2 atom stereocenters. The van der Waals surface area contributed by atoms with E-state index < -0.39 is 0 Å². The maximum absolute atomic E-state index is 11.9. The minimum atomic E-state index is -0.370. The molecule has 0 bridgehead atoms. The van der Waals surface area contributed by atoms with Crippen LogP contribution in [0, 0.1) is 11.3 Å². The van der Waals surface area contributed by atoms with Crippen molar-refractivity contribution in [1.82, 2.24) is 9.47 Å². The van der Waals surface area contributed by atoms with Crippen molar-refractivity contribution in [2.24, 2.45) is 12.8 Å². The summed E-state index contributed by atoms with van der Waals surface area (Å²) in [7, 11) is 1.79. The Labute approximate surface area is 179 Å². The largest absolute Gasteiger partial charge is 0.368 e. The SMILES string of the molecule is Cn1c(=O)sc2ccc(-c3ccc(C[C@@H](C#N)N4CCCCC4C(N)=O)cc3)cc21. The molecule has 0 saturated carbocycles. The first kappa shape index (κ1) is 20.3. The first-order chi connectivity index (χ1) is 14.5. The van der Waals surface area contributed by atoms with Gasteiger partial charge in [0.15, 0.2) is 0 Å². The van der Waals surface area contributed by atoms with Gasteiger partial charge in [0, 0.05) is 20.0 Å². The molecule has 1 aromatic heterocycles. The maximum atomic E-state index is 11.9. The number of primary amides is 1. The number of carbonyl (C=O) groups excluding carboxylic acids is 1. The van der Waals surface area contributed by atoms with Crippen LogP contribution in [0.4, 0.5) is 0 Å². The Kier molecular flexibility index (Phi) is 5.71.